The lowest BCUT2D eigenvalue weighted by Gasteiger charge is -2.14. The highest BCUT2D eigenvalue weighted by molar-refractivity contribution is 5.41. The van der Waals surface area contributed by atoms with Crippen LogP contribution in [-0.4, -0.2) is 18.8 Å². The normalized spacial score (nSPS) is 17.9. The summed E-state index contributed by atoms with van der Waals surface area (Å²) in [4.78, 5) is 0. The second-order valence-corrected chi connectivity index (χ2v) is 4.12. The molecule has 0 atom stereocenters. The Balaban J connectivity index is 2.33. The summed E-state index contributed by atoms with van der Waals surface area (Å²) in [6.07, 6.45) is 2.21. The molecule has 1 N–H and O–H groups in total. The third-order valence-corrected chi connectivity index (χ3v) is 3.16. The number of aliphatic hydroxyl groups excluding tert-OH is 1. The lowest BCUT2D eigenvalue weighted by Crippen LogP contribution is -2.11. The fourth-order valence-corrected chi connectivity index (χ4v) is 1.90. The number of aryl methyl sites for hydroxylation is 1. The fourth-order valence-electron chi connectivity index (χ4n) is 1.90. The van der Waals surface area contributed by atoms with E-state index in [1.54, 1.807) is 7.11 Å². The Morgan fingerprint density at radius 3 is 2.57 bits per heavy atom. The van der Waals surface area contributed by atoms with E-state index in [2.05, 4.69) is 12.1 Å². The van der Waals surface area contributed by atoms with Crippen molar-refractivity contribution >= 4 is 0 Å². The fraction of sp³-hybridized carbons (Fsp3) is 0.500. The van der Waals surface area contributed by atoms with Gasteiger partial charge in [0, 0.05) is 5.41 Å². The topological polar surface area (TPSA) is 29.5 Å². The lowest BCUT2D eigenvalue weighted by molar-refractivity contribution is 0.255. The van der Waals surface area contributed by atoms with Crippen LogP contribution >= 0.6 is 0 Å². The molecule has 1 saturated carbocycles. The maximum atomic E-state index is 9.30. The van der Waals surface area contributed by atoms with Crippen molar-refractivity contribution in [3.8, 4) is 5.75 Å². The molecule has 0 heterocycles. The van der Waals surface area contributed by atoms with Gasteiger partial charge in [0.2, 0.25) is 0 Å². The lowest BCUT2D eigenvalue weighted by atomic mass is 9.95. The first-order valence-electron chi connectivity index (χ1n) is 4.98. The van der Waals surface area contributed by atoms with Crippen molar-refractivity contribution in [2.45, 2.75) is 25.2 Å². The SMILES string of the molecule is COc1ccc(C2(CO)CC2)cc1C. The molecule has 1 aliphatic rings. The molecule has 2 heteroatoms. The van der Waals surface area contributed by atoms with Gasteiger partial charge in [-0.1, -0.05) is 12.1 Å². The zero-order chi connectivity index (χ0) is 10.2. The molecule has 0 aliphatic heterocycles. The molecule has 76 valence electrons. The van der Waals surface area contributed by atoms with Gasteiger partial charge in [0.05, 0.1) is 13.7 Å². The van der Waals surface area contributed by atoms with Gasteiger partial charge >= 0.3 is 0 Å². The molecule has 1 aliphatic carbocycles. The predicted molar refractivity (Wildman–Crippen MR) is 55.7 cm³/mol. The maximum Gasteiger partial charge on any atom is 0.121 e. The molecule has 0 aromatic heterocycles. The molecule has 0 bridgehead atoms. The Labute approximate surface area is 84.5 Å². The molecule has 1 fully saturated rings. The van der Waals surface area contributed by atoms with Crippen LogP contribution in [0, 0.1) is 6.92 Å². The number of methoxy groups -OCH3 is 1. The second-order valence-electron chi connectivity index (χ2n) is 4.12. The van der Waals surface area contributed by atoms with E-state index in [4.69, 9.17) is 4.74 Å². The minimum absolute atomic E-state index is 0.0665. The summed E-state index contributed by atoms with van der Waals surface area (Å²) in [6, 6.07) is 6.18. The van der Waals surface area contributed by atoms with Gasteiger partial charge < -0.3 is 9.84 Å². The molecule has 2 rings (SSSR count). The highest BCUT2D eigenvalue weighted by Crippen LogP contribution is 2.48. The summed E-state index contributed by atoms with van der Waals surface area (Å²) in [7, 11) is 1.68. The van der Waals surface area contributed by atoms with Crippen LogP contribution in [-0.2, 0) is 5.41 Å². The van der Waals surface area contributed by atoms with Crippen molar-refractivity contribution in [3.05, 3.63) is 29.3 Å². The van der Waals surface area contributed by atoms with Crippen LogP contribution in [0.3, 0.4) is 0 Å². The summed E-state index contributed by atoms with van der Waals surface area (Å²) in [6.45, 7) is 2.30. The molecular weight excluding hydrogens is 176 g/mol. The van der Waals surface area contributed by atoms with Gasteiger partial charge in [-0.3, -0.25) is 0 Å². The van der Waals surface area contributed by atoms with E-state index < -0.39 is 0 Å². The minimum Gasteiger partial charge on any atom is -0.496 e. The highest BCUT2D eigenvalue weighted by atomic mass is 16.5. The largest absolute Gasteiger partial charge is 0.496 e. The number of benzene rings is 1. The second kappa shape index (κ2) is 3.28. The number of rotatable bonds is 3. The Bertz CT molecular complexity index is 340. The van der Waals surface area contributed by atoms with Gasteiger partial charge in [-0.2, -0.15) is 0 Å². The van der Waals surface area contributed by atoms with Crippen molar-refractivity contribution < 1.29 is 9.84 Å². The van der Waals surface area contributed by atoms with Gasteiger partial charge in [0.1, 0.15) is 5.75 Å². The zero-order valence-corrected chi connectivity index (χ0v) is 8.71. The number of hydrogen-bond acceptors (Lipinski definition) is 2. The quantitative estimate of drug-likeness (QED) is 0.794. The third-order valence-electron chi connectivity index (χ3n) is 3.16. The first-order chi connectivity index (χ1) is 6.72. The van der Waals surface area contributed by atoms with Crippen LogP contribution in [0.25, 0.3) is 0 Å². The number of aliphatic hydroxyl groups is 1. The molecule has 0 spiro atoms. The minimum atomic E-state index is 0.0665. The average molecular weight is 192 g/mol. The van der Waals surface area contributed by atoms with Crippen LogP contribution in [0.5, 0.6) is 5.75 Å². The van der Waals surface area contributed by atoms with Crippen LogP contribution < -0.4 is 4.74 Å². The van der Waals surface area contributed by atoms with Gasteiger partial charge in [-0.15, -0.1) is 0 Å². The third kappa shape index (κ3) is 1.40. The van der Waals surface area contributed by atoms with Crippen LogP contribution in [0.4, 0.5) is 0 Å². The number of hydrogen-bond donors (Lipinski definition) is 1. The summed E-state index contributed by atoms with van der Waals surface area (Å²) in [5, 5.41) is 9.30. The van der Waals surface area contributed by atoms with Crippen molar-refractivity contribution in [2.24, 2.45) is 0 Å². The molecule has 0 unspecified atom stereocenters. The Hall–Kier alpha value is -1.02. The van der Waals surface area contributed by atoms with Crippen LogP contribution in [0.15, 0.2) is 18.2 Å². The van der Waals surface area contributed by atoms with Crippen LogP contribution in [0.1, 0.15) is 24.0 Å². The summed E-state index contributed by atoms with van der Waals surface area (Å²) < 4.78 is 5.20. The van der Waals surface area contributed by atoms with Crippen molar-refractivity contribution in [1.82, 2.24) is 0 Å². The molecule has 14 heavy (non-hydrogen) atoms. The van der Waals surface area contributed by atoms with Crippen molar-refractivity contribution in [3.63, 3.8) is 0 Å². The van der Waals surface area contributed by atoms with Crippen molar-refractivity contribution in [2.75, 3.05) is 13.7 Å². The Morgan fingerprint density at radius 2 is 2.14 bits per heavy atom. The summed E-state index contributed by atoms with van der Waals surface area (Å²) in [5.41, 5.74) is 2.46. The van der Waals surface area contributed by atoms with Gasteiger partial charge in [0.25, 0.3) is 0 Å². The van der Waals surface area contributed by atoms with Gasteiger partial charge in [-0.05, 0) is 37.0 Å². The maximum absolute atomic E-state index is 9.30. The Morgan fingerprint density at radius 1 is 1.43 bits per heavy atom. The predicted octanol–water partition coefficient (Wildman–Crippen LogP) is 2.03. The molecule has 0 radical (unpaired) electrons. The first-order valence-corrected chi connectivity index (χ1v) is 4.98. The van der Waals surface area contributed by atoms with Gasteiger partial charge in [0.15, 0.2) is 0 Å². The van der Waals surface area contributed by atoms with E-state index in [1.165, 1.54) is 5.56 Å². The number of ether oxygens (including phenoxy) is 1. The van der Waals surface area contributed by atoms with E-state index in [0.717, 1.165) is 24.2 Å². The molecule has 0 saturated heterocycles. The van der Waals surface area contributed by atoms with E-state index in [0.29, 0.717) is 0 Å². The van der Waals surface area contributed by atoms with Gasteiger partial charge in [-0.25, -0.2) is 0 Å². The van der Waals surface area contributed by atoms with E-state index in [-0.39, 0.29) is 12.0 Å². The standard InChI is InChI=1S/C12H16O2/c1-9-7-10(3-4-11(9)14-2)12(8-13)5-6-12/h3-4,7,13H,5-6,8H2,1-2H3. The average Bonchev–Trinajstić information content (AvgIpc) is 2.98. The molecule has 1 aromatic carbocycles. The first kappa shape index (κ1) is 9.53. The Kier molecular flexibility index (Phi) is 2.23. The van der Waals surface area contributed by atoms with E-state index >= 15 is 0 Å². The highest BCUT2D eigenvalue weighted by Gasteiger charge is 2.43. The van der Waals surface area contributed by atoms with Crippen molar-refractivity contribution in [1.29, 1.82) is 0 Å². The van der Waals surface area contributed by atoms with E-state index in [1.807, 2.05) is 13.0 Å². The smallest absolute Gasteiger partial charge is 0.121 e. The molecule has 2 nitrogen and oxygen atoms in total. The summed E-state index contributed by atoms with van der Waals surface area (Å²) in [5.74, 6) is 0.919. The monoisotopic (exact) mass is 192 g/mol. The molecule has 0 amide bonds. The molecular formula is C12H16O2. The zero-order valence-electron chi connectivity index (χ0n) is 8.71. The van der Waals surface area contributed by atoms with E-state index in [9.17, 15) is 5.11 Å². The summed E-state index contributed by atoms with van der Waals surface area (Å²) >= 11 is 0. The van der Waals surface area contributed by atoms with Crippen LogP contribution in [0.2, 0.25) is 0 Å². The molecule has 1 aromatic rings.